The molecule has 1 heterocycles. The number of carbonyl (C=O) groups is 1. The zero-order valence-corrected chi connectivity index (χ0v) is 17.0. The molecule has 1 fully saturated rings. The fourth-order valence-electron chi connectivity index (χ4n) is 3.60. The van der Waals surface area contributed by atoms with E-state index in [1.807, 2.05) is 24.3 Å². The van der Waals surface area contributed by atoms with Gasteiger partial charge in [-0.15, -0.1) is 0 Å². The Bertz CT molecular complexity index is 643. The van der Waals surface area contributed by atoms with Gasteiger partial charge in [0, 0.05) is 19.4 Å². The number of carboxylic acids is 1. The highest BCUT2D eigenvalue weighted by Crippen LogP contribution is 2.29. The maximum atomic E-state index is 10.8. The van der Waals surface area contributed by atoms with Crippen molar-refractivity contribution in [3.63, 3.8) is 0 Å². The highest BCUT2D eigenvalue weighted by atomic mass is 16.5. The molecule has 0 aromatic heterocycles. The van der Waals surface area contributed by atoms with E-state index in [1.54, 1.807) is 7.11 Å². The molecule has 1 aliphatic heterocycles. The standard InChI is InChI=1S/C22H32O7/c1-15-9-20(11-17(24)12-22(25)26)29-21(10-15)13-19(7-8-23)28-14-16-3-5-18(27-2)6-4-16/h3-6,17,19-21,23-24H,1,7-14H2,2H3,(H,25,26)/t17?,19-,20+,21-/m0/s1. The van der Waals surface area contributed by atoms with Gasteiger partial charge in [0.15, 0.2) is 0 Å². The van der Waals surface area contributed by atoms with Gasteiger partial charge in [-0.2, -0.15) is 0 Å². The molecule has 0 spiro atoms. The monoisotopic (exact) mass is 408 g/mol. The third-order valence-electron chi connectivity index (χ3n) is 4.98. The number of carboxylic acid groups (broad SMARTS) is 1. The van der Waals surface area contributed by atoms with Crippen molar-refractivity contribution in [3.05, 3.63) is 42.0 Å². The summed E-state index contributed by atoms with van der Waals surface area (Å²) in [6.45, 7) is 4.50. The van der Waals surface area contributed by atoms with E-state index in [2.05, 4.69) is 6.58 Å². The first-order valence-electron chi connectivity index (χ1n) is 9.97. The minimum Gasteiger partial charge on any atom is -0.497 e. The maximum Gasteiger partial charge on any atom is 0.305 e. The predicted octanol–water partition coefficient (Wildman–Crippen LogP) is 2.68. The normalized spacial score (nSPS) is 21.6. The molecule has 0 radical (unpaired) electrons. The van der Waals surface area contributed by atoms with Crippen LogP contribution in [0.25, 0.3) is 0 Å². The Balaban J connectivity index is 1.88. The first kappa shape index (κ1) is 23.3. The van der Waals surface area contributed by atoms with E-state index in [4.69, 9.17) is 19.3 Å². The molecule has 0 amide bonds. The second-order valence-corrected chi connectivity index (χ2v) is 7.55. The average Bonchev–Trinajstić information content (AvgIpc) is 2.65. The van der Waals surface area contributed by atoms with Crippen LogP contribution in [0.5, 0.6) is 5.75 Å². The van der Waals surface area contributed by atoms with Gasteiger partial charge in [-0.05, 0) is 37.0 Å². The Morgan fingerprint density at radius 2 is 1.90 bits per heavy atom. The van der Waals surface area contributed by atoms with Crippen molar-refractivity contribution in [2.45, 2.75) is 69.5 Å². The van der Waals surface area contributed by atoms with Crippen molar-refractivity contribution < 1.29 is 34.3 Å². The van der Waals surface area contributed by atoms with Crippen molar-refractivity contribution >= 4 is 5.97 Å². The van der Waals surface area contributed by atoms with Gasteiger partial charge in [0.25, 0.3) is 0 Å². The van der Waals surface area contributed by atoms with Crippen LogP contribution in [0.2, 0.25) is 0 Å². The van der Waals surface area contributed by atoms with E-state index in [0.29, 0.717) is 32.3 Å². The Morgan fingerprint density at radius 3 is 2.48 bits per heavy atom. The molecular weight excluding hydrogens is 376 g/mol. The van der Waals surface area contributed by atoms with Gasteiger partial charge in [0.1, 0.15) is 5.75 Å². The lowest BCUT2D eigenvalue weighted by Gasteiger charge is -2.34. The number of aliphatic hydroxyl groups excluding tert-OH is 2. The summed E-state index contributed by atoms with van der Waals surface area (Å²) in [7, 11) is 1.62. The number of rotatable bonds is 12. The molecule has 1 unspecified atom stereocenters. The van der Waals surface area contributed by atoms with Crippen LogP contribution in [0, 0.1) is 0 Å². The summed E-state index contributed by atoms with van der Waals surface area (Å²) in [5, 5.41) is 28.1. The van der Waals surface area contributed by atoms with Gasteiger partial charge in [-0.3, -0.25) is 4.79 Å². The van der Waals surface area contributed by atoms with Crippen LogP contribution < -0.4 is 4.74 Å². The average molecular weight is 408 g/mol. The van der Waals surface area contributed by atoms with Crippen molar-refractivity contribution in [3.8, 4) is 5.75 Å². The fourth-order valence-corrected chi connectivity index (χ4v) is 3.60. The summed E-state index contributed by atoms with van der Waals surface area (Å²) in [6.07, 6.45) is 0.859. The molecule has 0 saturated carbocycles. The van der Waals surface area contributed by atoms with E-state index in [9.17, 15) is 15.0 Å². The second-order valence-electron chi connectivity index (χ2n) is 7.55. The van der Waals surface area contributed by atoms with E-state index < -0.39 is 12.1 Å². The zero-order valence-electron chi connectivity index (χ0n) is 17.0. The van der Waals surface area contributed by atoms with Crippen molar-refractivity contribution in [2.24, 2.45) is 0 Å². The Hall–Kier alpha value is -1.93. The molecule has 1 aromatic carbocycles. The van der Waals surface area contributed by atoms with Crippen LogP contribution in [0.4, 0.5) is 0 Å². The highest BCUT2D eigenvalue weighted by molar-refractivity contribution is 5.67. The molecular formula is C22H32O7. The Morgan fingerprint density at radius 1 is 1.24 bits per heavy atom. The van der Waals surface area contributed by atoms with Crippen molar-refractivity contribution in [1.82, 2.24) is 0 Å². The topological polar surface area (TPSA) is 105 Å². The van der Waals surface area contributed by atoms with Gasteiger partial charge in [-0.25, -0.2) is 0 Å². The van der Waals surface area contributed by atoms with Crippen LogP contribution >= 0.6 is 0 Å². The summed E-state index contributed by atoms with van der Waals surface area (Å²) in [6, 6.07) is 7.63. The molecule has 0 bridgehead atoms. The molecule has 2 rings (SSSR count). The van der Waals surface area contributed by atoms with Crippen molar-refractivity contribution in [1.29, 1.82) is 0 Å². The molecule has 29 heavy (non-hydrogen) atoms. The third kappa shape index (κ3) is 8.53. The number of benzene rings is 1. The van der Waals surface area contributed by atoms with Gasteiger partial charge >= 0.3 is 5.97 Å². The molecule has 1 aliphatic rings. The highest BCUT2D eigenvalue weighted by Gasteiger charge is 2.29. The maximum absolute atomic E-state index is 10.8. The summed E-state index contributed by atoms with van der Waals surface area (Å²) < 4.78 is 17.2. The van der Waals surface area contributed by atoms with Crippen LogP contribution in [-0.4, -0.2) is 59.4 Å². The lowest BCUT2D eigenvalue weighted by molar-refractivity contribution is -0.140. The molecule has 162 valence electrons. The third-order valence-corrected chi connectivity index (χ3v) is 4.98. The first-order valence-corrected chi connectivity index (χ1v) is 9.97. The second kappa shape index (κ2) is 11.9. The van der Waals surface area contributed by atoms with Gasteiger partial charge in [0.2, 0.25) is 0 Å². The lowest BCUT2D eigenvalue weighted by Crippen LogP contribution is -2.35. The largest absolute Gasteiger partial charge is 0.497 e. The number of aliphatic carboxylic acids is 1. The molecule has 7 nitrogen and oxygen atoms in total. The molecule has 1 aromatic rings. The van der Waals surface area contributed by atoms with E-state index >= 15 is 0 Å². The van der Waals surface area contributed by atoms with Crippen LogP contribution in [0.3, 0.4) is 0 Å². The van der Waals surface area contributed by atoms with Gasteiger partial charge < -0.3 is 29.5 Å². The summed E-state index contributed by atoms with van der Waals surface area (Å²) in [4.78, 5) is 10.8. The van der Waals surface area contributed by atoms with Crippen LogP contribution in [0.1, 0.15) is 44.1 Å². The fraction of sp³-hybridized carbons (Fsp3) is 0.591. The number of methoxy groups -OCH3 is 1. The number of ether oxygens (including phenoxy) is 3. The summed E-state index contributed by atoms with van der Waals surface area (Å²) in [5.74, 6) is -0.246. The Kier molecular flexibility index (Phi) is 9.60. The van der Waals surface area contributed by atoms with E-state index in [-0.39, 0.29) is 37.8 Å². The summed E-state index contributed by atoms with van der Waals surface area (Å²) in [5.41, 5.74) is 2.03. The minimum atomic E-state index is -1.03. The smallest absolute Gasteiger partial charge is 0.305 e. The lowest BCUT2D eigenvalue weighted by atomic mass is 9.92. The SMILES string of the molecule is C=C1C[C@H](CC(O)CC(=O)O)O[C@H](C[C@H](CCO)OCc2ccc(OC)cc2)C1. The minimum absolute atomic E-state index is 0.0156. The number of aliphatic hydroxyl groups is 2. The van der Waals surface area contributed by atoms with E-state index in [1.165, 1.54) is 0 Å². The molecule has 0 aliphatic carbocycles. The number of hydrogen-bond donors (Lipinski definition) is 3. The zero-order chi connectivity index (χ0) is 21.2. The van der Waals surface area contributed by atoms with Crippen LogP contribution in [-0.2, 0) is 20.9 Å². The predicted molar refractivity (Wildman–Crippen MR) is 108 cm³/mol. The van der Waals surface area contributed by atoms with E-state index in [0.717, 1.165) is 16.9 Å². The molecule has 3 N–H and O–H groups in total. The van der Waals surface area contributed by atoms with Gasteiger partial charge in [0.05, 0.1) is 44.6 Å². The number of hydrogen-bond acceptors (Lipinski definition) is 6. The quantitative estimate of drug-likeness (QED) is 0.457. The van der Waals surface area contributed by atoms with Crippen molar-refractivity contribution in [2.75, 3.05) is 13.7 Å². The summed E-state index contributed by atoms with van der Waals surface area (Å²) >= 11 is 0. The Labute approximate surface area is 171 Å². The molecule has 7 heteroatoms. The molecule has 4 atom stereocenters. The van der Waals surface area contributed by atoms with Gasteiger partial charge in [-0.1, -0.05) is 24.3 Å². The first-order chi connectivity index (χ1) is 13.9. The molecule has 1 saturated heterocycles. The van der Waals surface area contributed by atoms with Crippen LogP contribution in [0.15, 0.2) is 36.4 Å².